The van der Waals surface area contributed by atoms with Crippen molar-refractivity contribution in [3.05, 3.63) is 65.0 Å². The average molecular weight is 324 g/mol. The van der Waals surface area contributed by atoms with Crippen LogP contribution in [0.5, 0.6) is 11.5 Å². The molecule has 1 aliphatic rings. The Morgan fingerprint density at radius 3 is 2.57 bits per heavy atom. The molecular weight excluding hydrogens is 308 g/mol. The van der Waals surface area contributed by atoms with Crippen LogP contribution in [0.15, 0.2) is 58.8 Å². The molecular formula is C18H16N2O2S. The highest BCUT2D eigenvalue weighted by Gasteiger charge is 2.30. The molecule has 1 heterocycles. The lowest BCUT2D eigenvalue weighted by Gasteiger charge is -2.26. The van der Waals surface area contributed by atoms with Gasteiger partial charge < -0.3 is 15.2 Å². The number of nitrogens with zero attached hydrogens (tertiary/aromatic N) is 1. The maximum absolute atomic E-state index is 9.52. The summed E-state index contributed by atoms with van der Waals surface area (Å²) >= 11 is 1.68. The largest absolute Gasteiger partial charge is 0.497 e. The quantitative estimate of drug-likeness (QED) is 0.873. The monoisotopic (exact) mass is 324 g/mol. The zero-order chi connectivity index (χ0) is 16.4. The predicted molar refractivity (Wildman–Crippen MR) is 90.5 cm³/mol. The summed E-state index contributed by atoms with van der Waals surface area (Å²) in [5.74, 6) is 1.23. The van der Waals surface area contributed by atoms with Gasteiger partial charge in [0.25, 0.3) is 0 Å². The van der Waals surface area contributed by atoms with Gasteiger partial charge in [-0.15, -0.1) is 11.8 Å². The maximum atomic E-state index is 9.52. The van der Waals surface area contributed by atoms with E-state index in [0.29, 0.717) is 17.1 Å². The highest BCUT2D eigenvalue weighted by atomic mass is 32.2. The second-order valence-electron chi connectivity index (χ2n) is 5.10. The van der Waals surface area contributed by atoms with Gasteiger partial charge in [-0.25, -0.2) is 0 Å². The van der Waals surface area contributed by atoms with Gasteiger partial charge in [0.2, 0.25) is 5.88 Å². The summed E-state index contributed by atoms with van der Waals surface area (Å²) in [6, 6.07) is 15.9. The molecule has 3 rings (SSSR count). The summed E-state index contributed by atoms with van der Waals surface area (Å²) in [4.78, 5) is 1.17. The SMILES string of the molecule is COc1ccc2c(c1)OC(N)=C(C#N)[C@@H]2c1ccc(SC)cc1. The number of hydrogen-bond donors (Lipinski definition) is 1. The summed E-state index contributed by atoms with van der Waals surface area (Å²) in [5, 5.41) is 9.52. The number of nitrogens with two attached hydrogens (primary N) is 1. The minimum atomic E-state index is -0.231. The van der Waals surface area contributed by atoms with Crippen LogP contribution < -0.4 is 15.2 Å². The number of nitriles is 1. The molecule has 0 aliphatic carbocycles. The van der Waals surface area contributed by atoms with Gasteiger partial charge in [-0.3, -0.25) is 0 Å². The Morgan fingerprint density at radius 1 is 1.22 bits per heavy atom. The van der Waals surface area contributed by atoms with E-state index in [9.17, 15) is 5.26 Å². The van der Waals surface area contributed by atoms with E-state index in [4.69, 9.17) is 15.2 Å². The smallest absolute Gasteiger partial charge is 0.205 e. The van der Waals surface area contributed by atoms with Crippen molar-refractivity contribution in [2.45, 2.75) is 10.8 Å². The standard InChI is InChI=1S/C18H16N2O2S/c1-21-12-5-8-14-16(9-12)22-18(20)15(10-19)17(14)11-3-6-13(23-2)7-4-11/h3-9,17H,20H2,1-2H3/t17-/m1/s1. The van der Waals surface area contributed by atoms with Crippen LogP contribution in [0.4, 0.5) is 0 Å². The summed E-state index contributed by atoms with van der Waals surface area (Å²) < 4.78 is 10.9. The lowest BCUT2D eigenvalue weighted by Crippen LogP contribution is -2.21. The lowest BCUT2D eigenvalue weighted by atomic mass is 9.83. The Labute approximate surface area is 139 Å². The average Bonchev–Trinajstić information content (AvgIpc) is 2.60. The third-order valence-electron chi connectivity index (χ3n) is 3.88. The Bertz CT molecular complexity index is 807. The van der Waals surface area contributed by atoms with Gasteiger partial charge in [0.1, 0.15) is 23.1 Å². The first-order valence-corrected chi connectivity index (χ1v) is 8.30. The molecule has 1 atom stereocenters. The Kier molecular flexibility index (Phi) is 4.18. The summed E-state index contributed by atoms with van der Waals surface area (Å²) in [6.45, 7) is 0. The van der Waals surface area contributed by atoms with Crippen LogP contribution in [0, 0.1) is 11.3 Å². The highest BCUT2D eigenvalue weighted by molar-refractivity contribution is 7.98. The molecule has 0 amide bonds. The summed E-state index contributed by atoms with van der Waals surface area (Å²) in [6.07, 6.45) is 2.03. The Hall–Kier alpha value is -2.58. The van der Waals surface area contributed by atoms with Crippen molar-refractivity contribution < 1.29 is 9.47 Å². The van der Waals surface area contributed by atoms with Gasteiger partial charge in [-0.2, -0.15) is 5.26 Å². The van der Waals surface area contributed by atoms with Crippen molar-refractivity contribution in [1.29, 1.82) is 5.26 Å². The van der Waals surface area contributed by atoms with E-state index in [0.717, 1.165) is 11.1 Å². The second kappa shape index (κ2) is 6.27. The first kappa shape index (κ1) is 15.3. The predicted octanol–water partition coefficient (Wildman–Crippen LogP) is 3.64. The molecule has 0 radical (unpaired) electrons. The topological polar surface area (TPSA) is 68.3 Å². The zero-order valence-electron chi connectivity index (χ0n) is 12.9. The van der Waals surface area contributed by atoms with Crippen LogP contribution in [0.3, 0.4) is 0 Å². The number of methoxy groups -OCH3 is 1. The number of benzene rings is 2. The van der Waals surface area contributed by atoms with E-state index in [2.05, 4.69) is 6.07 Å². The van der Waals surface area contributed by atoms with E-state index in [1.165, 1.54) is 4.90 Å². The second-order valence-corrected chi connectivity index (χ2v) is 5.98. The van der Waals surface area contributed by atoms with Gasteiger partial charge in [-0.05, 0) is 30.0 Å². The number of fused-ring (bicyclic) bond motifs is 1. The fourth-order valence-corrected chi connectivity index (χ4v) is 3.11. The van der Waals surface area contributed by atoms with E-state index < -0.39 is 0 Å². The number of rotatable bonds is 3. The van der Waals surface area contributed by atoms with Crippen LogP contribution in [-0.2, 0) is 0 Å². The molecule has 1 aliphatic heterocycles. The normalized spacial score (nSPS) is 16.3. The van der Waals surface area contributed by atoms with Gasteiger partial charge >= 0.3 is 0 Å². The van der Waals surface area contributed by atoms with Gasteiger partial charge in [0.05, 0.1) is 13.0 Å². The molecule has 4 nitrogen and oxygen atoms in total. The summed E-state index contributed by atoms with van der Waals surface area (Å²) in [7, 11) is 1.60. The molecule has 5 heteroatoms. The molecule has 0 bridgehead atoms. The molecule has 0 fully saturated rings. The lowest BCUT2D eigenvalue weighted by molar-refractivity contribution is 0.381. The summed E-state index contributed by atoms with van der Waals surface area (Å²) in [5.41, 5.74) is 8.32. The van der Waals surface area contributed by atoms with Crippen molar-refractivity contribution in [3.63, 3.8) is 0 Å². The van der Waals surface area contributed by atoms with E-state index in [1.54, 1.807) is 24.9 Å². The van der Waals surface area contributed by atoms with E-state index >= 15 is 0 Å². The van der Waals surface area contributed by atoms with Crippen molar-refractivity contribution in [3.8, 4) is 17.6 Å². The molecule has 23 heavy (non-hydrogen) atoms. The van der Waals surface area contributed by atoms with Crippen molar-refractivity contribution in [2.24, 2.45) is 5.73 Å². The highest BCUT2D eigenvalue weighted by Crippen LogP contribution is 2.43. The first-order valence-electron chi connectivity index (χ1n) is 7.07. The molecule has 2 N–H and O–H groups in total. The molecule has 116 valence electrons. The molecule has 0 spiro atoms. The van der Waals surface area contributed by atoms with Gasteiger partial charge in [-0.1, -0.05) is 18.2 Å². The van der Waals surface area contributed by atoms with E-state index in [-0.39, 0.29) is 11.8 Å². The van der Waals surface area contributed by atoms with E-state index in [1.807, 2.05) is 42.7 Å². The van der Waals surface area contributed by atoms with Crippen LogP contribution >= 0.6 is 11.8 Å². The van der Waals surface area contributed by atoms with Crippen molar-refractivity contribution >= 4 is 11.8 Å². The molecule has 2 aromatic rings. The van der Waals surface area contributed by atoms with Crippen LogP contribution in [-0.4, -0.2) is 13.4 Å². The van der Waals surface area contributed by atoms with Crippen LogP contribution in [0.1, 0.15) is 17.0 Å². The molecule has 0 saturated heterocycles. The molecule has 0 unspecified atom stereocenters. The number of ether oxygens (including phenoxy) is 2. The molecule has 0 aromatic heterocycles. The number of hydrogen-bond acceptors (Lipinski definition) is 5. The zero-order valence-corrected chi connectivity index (χ0v) is 13.7. The molecule has 2 aromatic carbocycles. The first-order chi connectivity index (χ1) is 11.2. The van der Waals surface area contributed by atoms with Gasteiger partial charge in [0, 0.05) is 16.5 Å². The fraction of sp³-hybridized carbons (Fsp3) is 0.167. The number of thioether (sulfide) groups is 1. The van der Waals surface area contributed by atoms with Crippen molar-refractivity contribution in [2.75, 3.05) is 13.4 Å². The van der Waals surface area contributed by atoms with Gasteiger partial charge in [0.15, 0.2) is 0 Å². The van der Waals surface area contributed by atoms with Crippen LogP contribution in [0.2, 0.25) is 0 Å². The minimum Gasteiger partial charge on any atom is -0.497 e. The third kappa shape index (κ3) is 2.73. The fourth-order valence-electron chi connectivity index (χ4n) is 2.70. The Morgan fingerprint density at radius 2 is 1.96 bits per heavy atom. The van der Waals surface area contributed by atoms with Crippen LogP contribution in [0.25, 0.3) is 0 Å². The number of allylic oxidation sites excluding steroid dienone is 1. The maximum Gasteiger partial charge on any atom is 0.205 e. The minimum absolute atomic E-state index is 0.146. The molecule has 0 saturated carbocycles. The Balaban J connectivity index is 2.14. The van der Waals surface area contributed by atoms with Crippen molar-refractivity contribution in [1.82, 2.24) is 0 Å². The third-order valence-corrected chi connectivity index (χ3v) is 4.62.